The molecule has 7 heteroatoms. The number of allylic oxidation sites excluding steroid dienone is 2. The van der Waals surface area contributed by atoms with Gasteiger partial charge >= 0.3 is 11.9 Å². The van der Waals surface area contributed by atoms with E-state index in [1.807, 2.05) is 30.3 Å². The Morgan fingerprint density at radius 2 is 1.33 bits per heavy atom. The van der Waals surface area contributed by atoms with Gasteiger partial charge in [0.05, 0.1) is 0 Å². The minimum Gasteiger partial charge on any atom is -0.489 e. The molecule has 0 bridgehead atoms. The number of carbonyl (C=O) groups excluding carboxylic acids is 2. The molecule has 0 fully saturated rings. The second kappa shape index (κ2) is 11.1. The van der Waals surface area contributed by atoms with E-state index in [0.717, 1.165) is 26.9 Å². The lowest BCUT2D eigenvalue weighted by Gasteiger charge is -2.24. The van der Waals surface area contributed by atoms with Crippen molar-refractivity contribution in [1.29, 1.82) is 0 Å². The van der Waals surface area contributed by atoms with Gasteiger partial charge in [0.1, 0.15) is 37.9 Å². The lowest BCUT2D eigenvalue weighted by molar-refractivity contribution is -0.140. The van der Waals surface area contributed by atoms with E-state index in [1.54, 1.807) is 13.8 Å². The molecule has 1 aliphatic carbocycles. The first-order valence-corrected chi connectivity index (χ1v) is 11.0. The maximum Gasteiger partial charge on any atom is 0.333 e. The second-order valence-corrected chi connectivity index (χ2v) is 8.21. The molecular formula is C26H27ClO6. The fourth-order valence-corrected chi connectivity index (χ4v) is 3.68. The molecule has 0 amide bonds. The van der Waals surface area contributed by atoms with Crippen molar-refractivity contribution in [1.82, 2.24) is 0 Å². The van der Waals surface area contributed by atoms with E-state index in [1.165, 1.54) is 0 Å². The Morgan fingerprint density at radius 1 is 0.848 bits per heavy atom. The van der Waals surface area contributed by atoms with Crippen LogP contribution in [0, 0.1) is 0 Å². The molecule has 1 aliphatic rings. The number of esters is 2. The Morgan fingerprint density at radius 3 is 1.82 bits per heavy atom. The van der Waals surface area contributed by atoms with Gasteiger partial charge in [-0.05, 0) is 20.3 Å². The average molecular weight is 471 g/mol. The first-order chi connectivity index (χ1) is 15.8. The average Bonchev–Trinajstić information content (AvgIpc) is 2.79. The molecule has 0 saturated carbocycles. The number of hydrogen-bond acceptors (Lipinski definition) is 6. The quantitative estimate of drug-likeness (QED) is 0.274. The predicted octanol–water partition coefficient (Wildman–Crippen LogP) is 5.06. The van der Waals surface area contributed by atoms with E-state index in [-0.39, 0.29) is 26.4 Å². The van der Waals surface area contributed by atoms with Gasteiger partial charge in [0.25, 0.3) is 0 Å². The first kappa shape index (κ1) is 24.4. The van der Waals surface area contributed by atoms with Crippen molar-refractivity contribution in [3.63, 3.8) is 0 Å². The van der Waals surface area contributed by atoms with Gasteiger partial charge < -0.3 is 18.9 Å². The lowest BCUT2D eigenvalue weighted by atomic mass is 9.90. The van der Waals surface area contributed by atoms with Gasteiger partial charge in [-0.25, -0.2) is 9.59 Å². The highest BCUT2D eigenvalue weighted by atomic mass is 35.5. The molecular weight excluding hydrogens is 444 g/mol. The molecule has 6 nitrogen and oxygen atoms in total. The molecule has 2 aromatic carbocycles. The highest BCUT2D eigenvalue weighted by Crippen LogP contribution is 2.44. The number of hydrogen-bond donors (Lipinski definition) is 0. The summed E-state index contributed by atoms with van der Waals surface area (Å²) in [6.45, 7) is 10.9. The second-order valence-electron chi connectivity index (χ2n) is 7.72. The lowest BCUT2D eigenvalue weighted by Crippen LogP contribution is -2.16. The van der Waals surface area contributed by atoms with Crippen LogP contribution in [-0.2, 0) is 31.9 Å². The summed E-state index contributed by atoms with van der Waals surface area (Å²) in [5.74, 6) is 0.511. The summed E-state index contributed by atoms with van der Waals surface area (Å²) in [6, 6.07) is 7.75. The van der Waals surface area contributed by atoms with E-state index < -0.39 is 11.9 Å². The largest absolute Gasteiger partial charge is 0.489 e. The van der Waals surface area contributed by atoms with Gasteiger partial charge in [-0.15, -0.1) is 0 Å². The number of fused-ring (bicyclic) bond motifs is 2. The number of benzene rings is 2. The van der Waals surface area contributed by atoms with Crippen molar-refractivity contribution in [3.05, 3.63) is 70.8 Å². The van der Waals surface area contributed by atoms with Crippen LogP contribution >= 0.6 is 11.6 Å². The molecule has 3 rings (SSSR count). The zero-order valence-electron chi connectivity index (χ0n) is 18.9. The maximum atomic E-state index is 11.6. The predicted molar refractivity (Wildman–Crippen MR) is 128 cm³/mol. The van der Waals surface area contributed by atoms with Crippen molar-refractivity contribution in [2.45, 2.75) is 26.7 Å². The molecule has 0 atom stereocenters. The van der Waals surface area contributed by atoms with Crippen LogP contribution in [0.4, 0.5) is 0 Å². The summed E-state index contributed by atoms with van der Waals surface area (Å²) >= 11 is 6.37. The molecule has 174 valence electrons. The van der Waals surface area contributed by atoms with Crippen LogP contribution in [0.25, 0.3) is 10.8 Å². The Bertz CT molecular complexity index is 1130. The third-order valence-corrected chi connectivity index (χ3v) is 5.31. The Labute approximate surface area is 198 Å². The molecule has 0 spiro atoms. The summed E-state index contributed by atoms with van der Waals surface area (Å²) in [4.78, 5) is 23.3. The fourth-order valence-electron chi connectivity index (χ4n) is 3.47. The number of carbonyl (C=O) groups is 2. The monoisotopic (exact) mass is 470 g/mol. The Kier molecular flexibility index (Phi) is 8.17. The van der Waals surface area contributed by atoms with Crippen LogP contribution in [-0.4, -0.2) is 38.4 Å². The molecule has 0 heterocycles. The van der Waals surface area contributed by atoms with E-state index in [9.17, 15) is 9.59 Å². The minimum absolute atomic E-state index is 0.102. The van der Waals surface area contributed by atoms with Gasteiger partial charge in [0.2, 0.25) is 0 Å². The van der Waals surface area contributed by atoms with Crippen LogP contribution in [0.5, 0.6) is 11.5 Å². The van der Waals surface area contributed by atoms with Crippen LogP contribution in [0.15, 0.2) is 59.7 Å². The maximum absolute atomic E-state index is 11.6. The Hall–Kier alpha value is -3.25. The molecule has 0 aliphatic heterocycles. The van der Waals surface area contributed by atoms with Gasteiger partial charge in [0, 0.05) is 44.5 Å². The van der Waals surface area contributed by atoms with Crippen molar-refractivity contribution < 1.29 is 28.5 Å². The van der Waals surface area contributed by atoms with Crippen LogP contribution in [0.2, 0.25) is 0 Å². The van der Waals surface area contributed by atoms with Gasteiger partial charge in [0.15, 0.2) is 0 Å². The summed E-state index contributed by atoms with van der Waals surface area (Å²) in [5, 5.41) is 2.46. The van der Waals surface area contributed by atoms with Crippen LogP contribution < -0.4 is 9.47 Å². The smallest absolute Gasteiger partial charge is 0.333 e. The zero-order chi connectivity index (χ0) is 24.0. The van der Waals surface area contributed by atoms with E-state index in [0.29, 0.717) is 35.5 Å². The number of ether oxygens (including phenoxy) is 4. The minimum atomic E-state index is -0.451. The molecule has 0 aromatic heterocycles. The normalized spacial score (nSPS) is 12.4. The summed E-state index contributed by atoms with van der Waals surface area (Å²) in [6.07, 6.45) is 3.04. The highest BCUT2D eigenvalue weighted by Gasteiger charge is 2.24. The van der Waals surface area contributed by atoms with E-state index >= 15 is 0 Å². The summed E-state index contributed by atoms with van der Waals surface area (Å²) in [7, 11) is 0. The zero-order valence-corrected chi connectivity index (χ0v) is 19.6. The third kappa shape index (κ3) is 5.96. The first-order valence-electron chi connectivity index (χ1n) is 10.6. The van der Waals surface area contributed by atoms with Crippen molar-refractivity contribution in [2.24, 2.45) is 0 Å². The Balaban J connectivity index is 1.87. The topological polar surface area (TPSA) is 71.1 Å². The van der Waals surface area contributed by atoms with E-state index in [4.69, 9.17) is 30.5 Å². The summed E-state index contributed by atoms with van der Waals surface area (Å²) in [5.41, 5.74) is 2.58. The molecule has 33 heavy (non-hydrogen) atoms. The van der Waals surface area contributed by atoms with E-state index in [2.05, 4.69) is 13.2 Å². The van der Waals surface area contributed by atoms with Crippen molar-refractivity contribution in [3.8, 4) is 11.5 Å². The molecule has 0 radical (unpaired) electrons. The van der Waals surface area contributed by atoms with Gasteiger partial charge in [-0.3, -0.25) is 0 Å². The van der Waals surface area contributed by atoms with Crippen LogP contribution in [0.3, 0.4) is 0 Å². The third-order valence-electron chi connectivity index (χ3n) is 5.02. The highest BCUT2D eigenvalue weighted by molar-refractivity contribution is 6.30. The van der Waals surface area contributed by atoms with Gasteiger partial charge in [-0.2, -0.15) is 0 Å². The van der Waals surface area contributed by atoms with Gasteiger partial charge in [-0.1, -0.05) is 55.1 Å². The van der Waals surface area contributed by atoms with Crippen molar-refractivity contribution in [2.75, 3.05) is 26.4 Å². The van der Waals surface area contributed by atoms with Crippen molar-refractivity contribution >= 4 is 34.3 Å². The van der Waals surface area contributed by atoms with Crippen LogP contribution in [0.1, 0.15) is 25.0 Å². The standard InChI is InChI=1S/C26H27ClO6/c1-16(2)25(28)32-13-11-30-23-19-7-5-6-8-20(19)24(22-15-18(27)9-10-21(22)23)31-12-14-33-26(29)17(3)4/h5-9H,1,3,10-15H2,2,4H3. The molecule has 2 aromatic rings. The molecule has 0 saturated heterocycles. The number of rotatable bonds is 10. The summed E-state index contributed by atoms with van der Waals surface area (Å²) < 4.78 is 22.5. The SMILES string of the molecule is C=C(C)C(=O)OCCOc1c2c(c(OCCOC(=O)C(=C)C)c3ccccc13)CC(Cl)=CC2. The fraction of sp³-hybridized carbons (Fsp3) is 0.308. The molecule has 0 N–H and O–H groups in total. The molecule has 0 unspecified atom stereocenters. The number of halogens is 1.